The summed E-state index contributed by atoms with van der Waals surface area (Å²) < 4.78 is 5.65. The van der Waals surface area contributed by atoms with Crippen LogP contribution in [0.2, 0.25) is 0 Å². The van der Waals surface area contributed by atoms with Crippen LogP contribution < -0.4 is 15.0 Å². The van der Waals surface area contributed by atoms with Crippen molar-refractivity contribution in [1.29, 1.82) is 0 Å². The molecule has 3 aromatic rings. The zero-order valence-electron chi connectivity index (χ0n) is 16.9. The number of pyridine rings is 1. The molecule has 0 atom stereocenters. The Balaban J connectivity index is 1.30. The zero-order chi connectivity index (χ0) is 20.8. The summed E-state index contributed by atoms with van der Waals surface area (Å²) >= 11 is 0. The number of carbonyl (C=O) groups excluding carboxylic acids is 1. The molecule has 1 aliphatic heterocycles. The Bertz CT molecular complexity index is 990. The highest BCUT2D eigenvalue weighted by atomic mass is 16.5. The van der Waals surface area contributed by atoms with E-state index in [0.29, 0.717) is 32.0 Å². The molecule has 1 aromatic carbocycles. The SMILES string of the molecule is Cc1cccc(OCC(=O)N2CCN(c3cc(Nc4ccccn4)ncn3)CC2)c1. The number of hydrogen-bond donors (Lipinski definition) is 1. The monoisotopic (exact) mass is 404 g/mol. The molecule has 1 amide bonds. The second kappa shape index (κ2) is 9.21. The third-order valence-electron chi connectivity index (χ3n) is 4.88. The molecule has 2 aromatic heterocycles. The van der Waals surface area contributed by atoms with Crippen molar-refractivity contribution in [2.24, 2.45) is 0 Å². The Morgan fingerprint density at radius 3 is 2.63 bits per heavy atom. The number of nitrogens with zero attached hydrogens (tertiary/aromatic N) is 5. The summed E-state index contributed by atoms with van der Waals surface area (Å²) in [5.41, 5.74) is 1.11. The number of aromatic nitrogens is 3. The third kappa shape index (κ3) is 5.02. The Kier molecular flexibility index (Phi) is 6.03. The van der Waals surface area contributed by atoms with Gasteiger partial charge in [-0.25, -0.2) is 15.0 Å². The third-order valence-corrected chi connectivity index (χ3v) is 4.88. The van der Waals surface area contributed by atoms with E-state index in [2.05, 4.69) is 25.2 Å². The highest BCUT2D eigenvalue weighted by Crippen LogP contribution is 2.19. The fourth-order valence-electron chi connectivity index (χ4n) is 3.28. The van der Waals surface area contributed by atoms with Crippen LogP contribution in [0.15, 0.2) is 61.1 Å². The minimum absolute atomic E-state index is 0.00338. The van der Waals surface area contributed by atoms with Crippen molar-refractivity contribution in [2.75, 3.05) is 43.0 Å². The largest absolute Gasteiger partial charge is 0.484 e. The molecule has 1 N–H and O–H groups in total. The minimum atomic E-state index is -0.00338. The molecule has 3 heterocycles. The van der Waals surface area contributed by atoms with Crippen molar-refractivity contribution in [3.8, 4) is 5.75 Å². The van der Waals surface area contributed by atoms with Crippen molar-refractivity contribution in [3.05, 3.63) is 66.6 Å². The molecule has 0 aliphatic carbocycles. The van der Waals surface area contributed by atoms with Gasteiger partial charge in [0.05, 0.1) is 0 Å². The van der Waals surface area contributed by atoms with Gasteiger partial charge >= 0.3 is 0 Å². The van der Waals surface area contributed by atoms with E-state index >= 15 is 0 Å². The number of anilines is 3. The van der Waals surface area contributed by atoms with E-state index in [1.165, 1.54) is 6.33 Å². The molecule has 4 rings (SSSR count). The first kappa shape index (κ1) is 19.6. The van der Waals surface area contributed by atoms with Gasteiger partial charge in [-0.1, -0.05) is 18.2 Å². The summed E-state index contributed by atoms with van der Waals surface area (Å²) in [5, 5.41) is 3.18. The van der Waals surface area contributed by atoms with E-state index in [-0.39, 0.29) is 12.5 Å². The molecule has 0 saturated carbocycles. The number of aryl methyl sites for hydroxylation is 1. The molecular weight excluding hydrogens is 380 g/mol. The maximum atomic E-state index is 12.5. The normalized spacial score (nSPS) is 13.8. The van der Waals surface area contributed by atoms with E-state index in [1.54, 1.807) is 6.20 Å². The lowest BCUT2D eigenvalue weighted by atomic mass is 10.2. The van der Waals surface area contributed by atoms with Gasteiger partial charge in [0, 0.05) is 38.4 Å². The summed E-state index contributed by atoms with van der Waals surface area (Å²) in [4.78, 5) is 29.4. The van der Waals surface area contributed by atoms with Gasteiger partial charge < -0.3 is 19.9 Å². The van der Waals surface area contributed by atoms with Crippen molar-refractivity contribution >= 4 is 23.4 Å². The Morgan fingerprint density at radius 2 is 1.87 bits per heavy atom. The molecular formula is C22H24N6O2. The molecule has 154 valence electrons. The van der Waals surface area contributed by atoms with Gasteiger partial charge in [0.25, 0.3) is 5.91 Å². The van der Waals surface area contributed by atoms with Crippen molar-refractivity contribution in [2.45, 2.75) is 6.92 Å². The molecule has 1 aliphatic rings. The molecule has 0 bridgehead atoms. The lowest BCUT2D eigenvalue weighted by Crippen LogP contribution is -2.50. The summed E-state index contributed by atoms with van der Waals surface area (Å²) in [7, 11) is 0. The van der Waals surface area contributed by atoms with Crippen LogP contribution in [0.5, 0.6) is 5.75 Å². The van der Waals surface area contributed by atoms with Crippen LogP contribution in [-0.4, -0.2) is 58.5 Å². The molecule has 8 nitrogen and oxygen atoms in total. The lowest BCUT2D eigenvalue weighted by Gasteiger charge is -2.35. The number of piperazine rings is 1. The summed E-state index contributed by atoms with van der Waals surface area (Å²) in [5.74, 6) is 2.95. The van der Waals surface area contributed by atoms with Crippen LogP contribution in [-0.2, 0) is 4.79 Å². The number of nitrogens with one attached hydrogen (secondary N) is 1. The van der Waals surface area contributed by atoms with Crippen LogP contribution in [0, 0.1) is 6.92 Å². The summed E-state index contributed by atoms with van der Waals surface area (Å²) in [6.07, 6.45) is 3.26. The highest BCUT2D eigenvalue weighted by molar-refractivity contribution is 5.78. The van der Waals surface area contributed by atoms with E-state index < -0.39 is 0 Å². The van der Waals surface area contributed by atoms with Gasteiger partial charge in [-0.05, 0) is 36.8 Å². The lowest BCUT2D eigenvalue weighted by molar-refractivity contribution is -0.133. The quantitative estimate of drug-likeness (QED) is 0.676. The summed E-state index contributed by atoms with van der Waals surface area (Å²) in [6.45, 7) is 4.71. The van der Waals surface area contributed by atoms with Crippen molar-refractivity contribution in [1.82, 2.24) is 19.9 Å². The van der Waals surface area contributed by atoms with E-state index in [4.69, 9.17) is 4.74 Å². The molecule has 0 radical (unpaired) electrons. The predicted octanol–water partition coefficient (Wildman–Crippen LogP) is 2.65. The standard InChI is InChI=1S/C22H24N6O2/c1-17-5-4-6-18(13-17)30-15-22(29)28-11-9-27(10-12-28)21-14-20(24-16-25-21)26-19-7-2-3-8-23-19/h2-8,13-14,16H,9-12,15H2,1H3,(H,23,24,25,26). The fourth-order valence-corrected chi connectivity index (χ4v) is 3.28. The van der Waals surface area contributed by atoms with Gasteiger partial charge in [-0.2, -0.15) is 0 Å². The van der Waals surface area contributed by atoms with Crippen LogP contribution in [0.4, 0.5) is 17.5 Å². The van der Waals surface area contributed by atoms with Gasteiger partial charge in [0.1, 0.15) is 29.5 Å². The van der Waals surface area contributed by atoms with Crippen molar-refractivity contribution in [3.63, 3.8) is 0 Å². The number of rotatable bonds is 6. The van der Waals surface area contributed by atoms with Crippen LogP contribution in [0.3, 0.4) is 0 Å². The molecule has 0 unspecified atom stereocenters. The Morgan fingerprint density at radius 1 is 1.00 bits per heavy atom. The maximum Gasteiger partial charge on any atom is 0.260 e. The second-order valence-electron chi connectivity index (χ2n) is 7.07. The molecule has 8 heteroatoms. The number of amides is 1. The number of carbonyl (C=O) groups is 1. The van der Waals surface area contributed by atoms with Crippen molar-refractivity contribution < 1.29 is 9.53 Å². The number of benzene rings is 1. The van der Waals surface area contributed by atoms with Crippen LogP contribution in [0.1, 0.15) is 5.56 Å². The summed E-state index contributed by atoms with van der Waals surface area (Å²) in [6, 6.07) is 15.3. The van der Waals surface area contributed by atoms with Gasteiger partial charge in [-0.15, -0.1) is 0 Å². The van der Waals surface area contributed by atoms with E-state index in [9.17, 15) is 4.79 Å². The Labute approximate surface area is 175 Å². The highest BCUT2D eigenvalue weighted by Gasteiger charge is 2.22. The first-order chi connectivity index (χ1) is 14.7. The van der Waals surface area contributed by atoms with Gasteiger partial charge in [0.15, 0.2) is 6.61 Å². The van der Waals surface area contributed by atoms with Crippen LogP contribution in [0.25, 0.3) is 0 Å². The number of hydrogen-bond acceptors (Lipinski definition) is 7. The van der Waals surface area contributed by atoms with Gasteiger partial charge in [-0.3, -0.25) is 4.79 Å². The average molecular weight is 404 g/mol. The minimum Gasteiger partial charge on any atom is -0.484 e. The average Bonchev–Trinajstić information content (AvgIpc) is 2.78. The first-order valence-corrected chi connectivity index (χ1v) is 9.90. The molecule has 1 saturated heterocycles. The zero-order valence-corrected chi connectivity index (χ0v) is 16.9. The smallest absolute Gasteiger partial charge is 0.260 e. The second-order valence-corrected chi connectivity index (χ2v) is 7.07. The fraction of sp³-hybridized carbons (Fsp3) is 0.273. The molecule has 30 heavy (non-hydrogen) atoms. The molecule has 0 spiro atoms. The van der Waals surface area contributed by atoms with Gasteiger partial charge in [0.2, 0.25) is 0 Å². The molecule has 1 fully saturated rings. The Hall–Kier alpha value is -3.68. The van der Waals surface area contributed by atoms with E-state index in [1.807, 2.05) is 60.4 Å². The topological polar surface area (TPSA) is 83.5 Å². The van der Waals surface area contributed by atoms with E-state index in [0.717, 1.165) is 22.9 Å². The first-order valence-electron chi connectivity index (χ1n) is 9.90. The number of ether oxygens (including phenoxy) is 1. The predicted molar refractivity (Wildman–Crippen MR) is 115 cm³/mol. The van der Waals surface area contributed by atoms with Crippen LogP contribution >= 0.6 is 0 Å². The maximum absolute atomic E-state index is 12.5.